The van der Waals surface area contributed by atoms with Crippen molar-refractivity contribution < 1.29 is 9.59 Å². The lowest BCUT2D eigenvalue weighted by molar-refractivity contribution is -0.136. The summed E-state index contributed by atoms with van der Waals surface area (Å²) >= 11 is 0. The summed E-state index contributed by atoms with van der Waals surface area (Å²) in [5.74, 6) is -1.25. The van der Waals surface area contributed by atoms with E-state index in [1.54, 1.807) is 6.07 Å². The highest BCUT2D eigenvalue weighted by Crippen LogP contribution is 2.22. The number of hydrogen-bond donors (Lipinski definition) is 2. The minimum absolute atomic E-state index is 0.0412. The maximum absolute atomic E-state index is 12.4. The first-order valence-electron chi connectivity index (χ1n) is 10.1. The van der Waals surface area contributed by atoms with E-state index in [4.69, 9.17) is 0 Å². The molecule has 29 heavy (non-hydrogen) atoms. The van der Waals surface area contributed by atoms with Gasteiger partial charge < -0.3 is 15.5 Å². The molecular weight excluding hydrogens is 364 g/mol. The Morgan fingerprint density at radius 3 is 2.24 bits per heavy atom. The minimum atomic E-state index is -0.639. The maximum Gasteiger partial charge on any atom is 0.313 e. The summed E-state index contributed by atoms with van der Waals surface area (Å²) in [6, 6.07) is 15.9. The number of carbonyl (C=O) groups is 2. The Bertz CT molecular complexity index is 842. The number of likely N-dealkylation sites (N-methyl/N-ethyl adjacent to an activating group) is 1. The van der Waals surface area contributed by atoms with Gasteiger partial charge in [-0.3, -0.25) is 14.5 Å². The zero-order valence-corrected chi connectivity index (χ0v) is 17.4. The summed E-state index contributed by atoms with van der Waals surface area (Å²) in [5, 5.41) is 5.53. The fraction of sp³-hybridized carbons (Fsp3) is 0.391. The van der Waals surface area contributed by atoms with Gasteiger partial charge in [0.1, 0.15) is 0 Å². The Morgan fingerprint density at radius 1 is 0.931 bits per heavy atom. The van der Waals surface area contributed by atoms with Gasteiger partial charge in [0.05, 0.1) is 6.04 Å². The maximum atomic E-state index is 12.4. The molecule has 2 amide bonds. The summed E-state index contributed by atoms with van der Waals surface area (Å²) in [4.78, 5) is 29.4. The average Bonchev–Trinajstić information content (AvgIpc) is 2.72. The van der Waals surface area contributed by atoms with Gasteiger partial charge in [-0.05, 0) is 38.1 Å². The lowest BCUT2D eigenvalue weighted by Gasteiger charge is -2.38. The molecule has 1 aliphatic rings. The van der Waals surface area contributed by atoms with Crippen LogP contribution in [0.2, 0.25) is 0 Å². The Hall–Kier alpha value is -2.70. The fourth-order valence-corrected chi connectivity index (χ4v) is 3.54. The number of rotatable bonds is 5. The second kappa shape index (κ2) is 9.67. The van der Waals surface area contributed by atoms with Crippen molar-refractivity contribution in [3.8, 4) is 0 Å². The van der Waals surface area contributed by atoms with Gasteiger partial charge in [-0.15, -0.1) is 0 Å². The second-order valence-electron chi connectivity index (χ2n) is 7.74. The van der Waals surface area contributed by atoms with E-state index in [0.29, 0.717) is 12.2 Å². The lowest BCUT2D eigenvalue weighted by Crippen LogP contribution is -2.49. The molecule has 0 unspecified atom stereocenters. The van der Waals surface area contributed by atoms with Crippen molar-refractivity contribution in [2.24, 2.45) is 0 Å². The van der Waals surface area contributed by atoms with Crippen molar-refractivity contribution in [1.29, 1.82) is 0 Å². The molecule has 1 saturated heterocycles. The number of amides is 2. The first kappa shape index (κ1) is 21.0. The molecule has 0 aliphatic carbocycles. The van der Waals surface area contributed by atoms with Crippen molar-refractivity contribution >= 4 is 17.5 Å². The number of anilines is 1. The van der Waals surface area contributed by atoms with E-state index >= 15 is 0 Å². The van der Waals surface area contributed by atoms with E-state index in [0.717, 1.165) is 37.3 Å². The van der Waals surface area contributed by atoms with Crippen molar-refractivity contribution in [2.45, 2.75) is 19.9 Å². The Morgan fingerprint density at radius 2 is 1.59 bits per heavy atom. The lowest BCUT2D eigenvalue weighted by atomic mass is 10.0. The van der Waals surface area contributed by atoms with Crippen molar-refractivity contribution in [3.05, 3.63) is 65.2 Å². The molecule has 0 saturated carbocycles. The van der Waals surface area contributed by atoms with Crippen molar-refractivity contribution in [2.75, 3.05) is 45.1 Å². The highest BCUT2D eigenvalue weighted by molar-refractivity contribution is 6.39. The monoisotopic (exact) mass is 394 g/mol. The van der Waals surface area contributed by atoms with E-state index < -0.39 is 11.8 Å². The molecule has 0 spiro atoms. The minimum Gasteiger partial charge on any atom is -0.346 e. The number of carbonyl (C=O) groups excluding carboxylic acids is 2. The highest BCUT2D eigenvalue weighted by atomic mass is 16.2. The zero-order chi connectivity index (χ0) is 20.8. The predicted molar refractivity (Wildman–Crippen MR) is 116 cm³/mol. The molecule has 1 fully saturated rings. The van der Waals surface area contributed by atoms with E-state index in [2.05, 4.69) is 58.7 Å². The normalized spacial score (nSPS) is 16.2. The number of nitrogens with zero attached hydrogens (tertiary/aromatic N) is 2. The standard InChI is InChI=1S/C23H30N4O2/c1-17-8-10-19(11-9-17)21(27-14-12-26(3)13-15-27)16-24-22(28)23(29)25-20-7-5-4-6-18(20)2/h4-11,21H,12-16H2,1-3H3,(H,24,28)(H,25,29)/t21-/m1/s1. The molecule has 2 aromatic rings. The largest absolute Gasteiger partial charge is 0.346 e. The molecule has 3 rings (SSSR count). The molecule has 0 bridgehead atoms. The van der Waals surface area contributed by atoms with Crippen LogP contribution in [-0.2, 0) is 9.59 Å². The average molecular weight is 395 g/mol. The van der Waals surface area contributed by atoms with Gasteiger partial charge in [0, 0.05) is 38.4 Å². The van der Waals surface area contributed by atoms with Crippen LogP contribution in [0.15, 0.2) is 48.5 Å². The Labute approximate surface area is 172 Å². The molecule has 1 atom stereocenters. The number of piperazine rings is 1. The summed E-state index contributed by atoms with van der Waals surface area (Å²) in [6.45, 7) is 8.20. The van der Waals surface area contributed by atoms with Gasteiger partial charge in [-0.25, -0.2) is 0 Å². The molecule has 2 aromatic carbocycles. The third-order valence-electron chi connectivity index (χ3n) is 5.50. The summed E-state index contributed by atoms with van der Waals surface area (Å²) in [5.41, 5.74) is 3.93. The van der Waals surface area contributed by atoms with E-state index in [9.17, 15) is 9.59 Å². The molecule has 2 N–H and O–H groups in total. The van der Waals surface area contributed by atoms with Gasteiger partial charge >= 0.3 is 11.8 Å². The molecule has 0 aromatic heterocycles. The SMILES string of the molecule is Cc1ccc([C@@H](CNC(=O)C(=O)Nc2ccccc2C)N2CCN(C)CC2)cc1. The first-order chi connectivity index (χ1) is 13.9. The topological polar surface area (TPSA) is 64.7 Å². The van der Waals surface area contributed by atoms with Crippen LogP contribution in [0.1, 0.15) is 22.7 Å². The zero-order valence-electron chi connectivity index (χ0n) is 17.4. The quantitative estimate of drug-likeness (QED) is 0.764. The molecular formula is C23H30N4O2. The van der Waals surface area contributed by atoms with Crippen LogP contribution in [0.3, 0.4) is 0 Å². The van der Waals surface area contributed by atoms with Crippen LogP contribution < -0.4 is 10.6 Å². The number of nitrogens with one attached hydrogen (secondary N) is 2. The molecule has 6 nitrogen and oxygen atoms in total. The highest BCUT2D eigenvalue weighted by Gasteiger charge is 2.25. The molecule has 6 heteroatoms. The number of hydrogen-bond acceptors (Lipinski definition) is 4. The van der Waals surface area contributed by atoms with E-state index in [1.165, 1.54) is 5.56 Å². The second-order valence-corrected chi connectivity index (χ2v) is 7.74. The summed E-state index contributed by atoms with van der Waals surface area (Å²) in [7, 11) is 2.12. The van der Waals surface area contributed by atoms with Crippen molar-refractivity contribution in [3.63, 3.8) is 0 Å². The third-order valence-corrected chi connectivity index (χ3v) is 5.50. The van der Waals surface area contributed by atoms with Crippen molar-refractivity contribution in [1.82, 2.24) is 15.1 Å². The summed E-state index contributed by atoms with van der Waals surface area (Å²) in [6.07, 6.45) is 0. The van der Waals surface area contributed by atoms with Crippen LogP contribution >= 0.6 is 0 Å². The number of aryl methyl sites for hydroxylation is 2. The summed E-state index contributed by atoms with van der Waals surface area (Å²) < 4.78 is 0. The van der Waals surface area contributed by atoms with Gasteiger partial charge in [-0.2, -0.15) is 0 Å². The Kier molecular flexibility index (Phi) is 7.01. The molecule has 154 valence electrons. The van der Waals surface area contributed by atoms with E-state index in [1.807, 2.05) is 25.1 Å². The number of para-hydroxylation sites is 1. The fourth-order valence-electron chi connectivity index (χ4n) is 3.54. The van der Waals surface area contributed by atoms with Gasteiger partial charge in [0.2, 0.25) is 0 Å². The van der Waals surface area contributed by atoms with Gasteiger partial charge in [-0.1, -0.05) is 48.0 Å². The van der Waals surface area contributed by atoms with E-state index in [-0.39, 0.29) is 6.04 Å². The van der Waals surface area contributed by atoms with Gasteiger partial charge in [0.25, 0.3) is 0 Å². The first-order valence-corrected chi connectivity index (χ1v) is 10.1. The van der Waals surface area contributed by atoms with Crippen LogP contribution in [0, 0.1) is 13.8 Å². The van der Waals surface area contributed by atoms with Crippen LogP contribution in [0.25, 0.3) is 0 Å². The predicted octanol–water partition coefficient (Wildman–Crippen LogP) is 2.35. The molecule has 0 radical (unpaired) electrons. The molecule has 1 heterocycles. The Balaban J connectivity index is 1.65. The smallest absolute Gasteiger partial charge is 0.313 e. The molecule has 1 aliphatic heterocycles. The van der Waals surface area contributed by atoms with Crippen LogP contribution in [-0.4, -0.2) is 61.4 Å². The van der Waals surface area contributed by atoms with Gasteiger partial charge in [0.15, 0.2) is 0 Å². The van der Waals surface area contributed by atoms with Crippen LogP contribution in [0.4, 0.5) is 5.69 Å². The van der Waals surface area contributed by atoms with Crippen LogP contribution in [0.5, 0.6) is 0 Å². The number of benzene rings is 2. The third kappa shape index (κ3) is 5.65.